The van der Waals surface area contributed by atoms with Gasteiger partial charge < -0.3 is 5.32 Å². The molecule has 2 unspecified atom stereocenters. The molecule has 15 heavy (non-hydrogen) atoms. The molecule has 90 valence electrons. The summed E-state index contributed by atoms with van der Waals surface area (Å²) in [6.45, 7) is 16.2. The summed E-state index contributed by atoms with van der Waals surface area (Å²) in [6.07, 6.45) is 1.26. The molecule has 1 saturated heterocycles. The molecule has 0 aromatic heterocycles. The Morgan fingerprint density at radius 2 is 2.00 bits per heavy atom. The number of nitrogens with zero attached hydrogens (tertiary/aromatic N) is 1. The van der Waals surface area contributed by atoms with E-state index in [1.54, 1.807) is 0 Å². The van der Waals surface area contributed by atoms with Gasteiger partial charge >= 0.3 is 0 Å². The maximum absolute atomic E-state index is 3.61. The highest BCUT2D eigenvalue weighted by Crippen LogP contribution is 2.23. The summed E-state index contributed by atoms with van der Waals surface area (Å²) in [4.78, 5) is 2.70. The average molecular weight is 212 g/mol. The highest BCUT2D eigenvalue weighted by Gasteiger charge is 2.34. The summed E-state index contributed by atoms with van der Waals surface area (Å²) in [5.74, 6) is 0.756. The average Bonchev–Trinajstić information content (AvgIpc) is 2.11. The quantitative estimate of drug-likeness (QED) is 0.773. The maximum atomic E-state index is 3.61. The van der Waals surface area contributed by atoms with Crippen LogP contribution in [0.2, 0.25) is 0 Å². The lowest BCUT2D eigenvalue weighted by atomic mass is 9.92. The Morgan fingerprint density at radius 3 is 2.47 bits per heavy atom. The van der Waals surface area contributed by atoms with Gasteiger partial charge in [0.15, 0.2) is 0 Å². The van der Waals surface area contributed by atoms with E-state index in [0.29, 0.717) is 6.04 Å². The van der Waals surface area contributed by atoms with E-state index in [9.17, 15) is 0 Å². The molecule has 1 fully saturated rings. The normalized spacial score (nSPS) is 29.4. The van der Waals surface area contributed by atoms with Gasteiger partial charge in [-0.1, -0.05) is 20.8 Å². The Hall–Kier alpha value is -0.0800. The third kappa shape index (κ3) is 3.18. The third-order valence-electron chi connectivity index (χ3n) is 3.63. The zero-order valence-corrected chi connectivity index (χ0v) is 11.3. The molecule has 2 heteroatoms. The second-order valence-corrected chi connectivity index (χ2v) is 6.01. The molecule has 1 N–H and O–H groups in total. The summed E-state index contributed by atoms with van der Waals surface area (Å²) >= 11 is 0. The van der Waals surface area contributed by atoms with Crippen LogP contribution in [-0.2, 0) is 0 Å². The Labute approximate surface area is 95.4 Å². The van der Waals surface area contributed by atoms with E-state index in [1.807, 2.05) is 0 Å². The molecular weight excluding hydrogens is 184 g/mol. The van der Waals surface area contributed by atoms with Crippen LogP contribution in [0.15, 0.2) is 0 Å². The molecule has 2 nitrogen and oxygen atoms in total. The first-order valence-electron chi connectivity index (χ1n) is 6.38. The largest absolute Gasteiger partial charge is 0.309 e. The second kappa shape index (κ2) is 4.84. The first-order valence-corrected chi connectivity index (χ1v) is 6.38. The Kier molecular flexibility index (Phi) is 4.19. The van der Waals surface area contributed by atoms with E-state index in [1.165, 1.54) is 13.0 Å². The number of hydrogen-bond donors (Lipinski definition) is 1. The highest BCUT2D eigenvalue weighted by molar-refractivity contribution is 4.93. The first-order chi connectivity index (χ1) is 6.87. The van der Waals surface area contributed by atoms with Crippen molar-refractivity contribution in [2.75, 3.05) is 13.1 Å². The van der Waals surface area contributed by atoms with Gasteiger partial charge in [0.1, 0.15) is 0 Å². The van der Waals surface area contributed by atoms with Crippen LogP contribution in [-0.4, -0.2) is 35.6 Å². The van der Waals surface area contributed by atoms with Gasteiger partial charge in [0, 0.05) is 30.7 Å². The van der Waals surface area contributed by atoms with Crippen molar-refractivity contribution in [2.45, 2.75) is 65.6 Å². The van der Waals surface area contributed by atoms with Crippen LogP contribution in [0.4, 0.5) is 0 Å². The van der Waals surface area contributed by atoms with Crippen LogP contribution >= 0.6 is 0 Å². The molecule has 2 atom stereocenters. The van der Waals surface area contributed by atoms with Gasteiger partial charge in [-0.15, -0.1) is 0 Å². The molecular formula is C13H28N2. The van der Waals surface area contributed by atoms with Crippen LogP contribution in [0.3, 0.4) is 0 Å². The Morgan fingerprint density at radius 1 is 1.40 bits per heavy atom. The minimum Gasteiger partial charge on any atom is -0.309 e. The van der Waals surface area contributed by atoms with Crippen LogP contribution in [0.5, 0.6) is 0 Å². The van der Waals surface area contributed by atoms with Crippen molar-refractivity contribution in [1.82, 2.24) is 10.2 Å². The van der Waals surface area contributed by atoms with Gasteiger partial charge in [-0.3, -0.25) is 4.90 Å². The lowest BCUT2D eigenvalue weighted by molar-refractivity contribution is 0.0407. The molecule has 1 rings (SSSR count). The van der Waals surface area contributed by atoms with E-state index in [0.717, 1.165) is 18.5 Å². The van der Waals surface area contributed by atoms with Crippen molar-refractivity contribution in [1.29, 1.82) is 0 Å². The summed E-state index contributed by atoms with van der Waals surface area (Å²) in [5.41, 5.74) is 0.273. The van der Waals surface area contributed by atoms with Crippen LogP contribution in [0.25, 0.3) is 0 Å². The van der Waals surface area contributed by atoms with Crippen molar-refractivity contribution in [2.24, 2.45) is 5.92 Å². The summed E-state index contributed by atoms with van der Waals surface area (Å²) in [7, 11) is 0. The molecule has 0 amide bonds. The summed E-state index contributed by atoms with van der Waals surface area (Å²) in [5, 5.41) is 3.61. The molecule has 0 radical (unpaired) electrons. The summed E-state index contributed by atoms with van der Waals surface area (Å²) < 4.78 is 0. The molecule has 0 spiro atoms. The van der Waals surface area contributed by atoms with E-state index in [2.05, 4.69) is 51.8 Å². The van der Waals surface area contributed by atoms with Crippen molar-refractivity contribution in [3.63, 3.8) is 0 Å². The second-order valence-electron chi connectivity index (χ2n) is 6.01. The highest BCUT2D eigenvalue weighted by atomic mass is 15.3. The zero-order valence-electron chi connectivity index (χ0n) is 11.3. The van der Waals surface area contributed by atoms with Crippen LogP contribution in [0, 0.1) is 5.92 Å². The number of piperazine rings is 1. The first kappa shape index (κ1) is 13.0. The predicted octanol–water partition coefficient (Wildman–Crippen LogP) is 2.49. The van der Waals surface area contributed by atoms with Crippen molar-refractivity contribution >= 4 is 0 Å². The predicted molar refractivity (Wildman–Crippen MR) is 67.2 cm³/mol. The van der Waals surface area contributed by atoms with Gasteiger partial charge in [-0.2, -0.15) is 0 Å². The standard InChI is InChI=1S/C13H28N2/c1-7-12(10(2)3)15-9-13(5,6)14-8-11(15)4/h10-12,14H,7-9H2,1-6H3. The van der Waals surface area contributed by atoms with Crippen LogP contribution < -0.4 is 5.32 Å². The van der Waals surface area contributed by atoms with E-state index in [4.69, 9.17) is 0 Å². The molecule has 1 aliphatic rings. The molecule has 0 bridgehead atoms. The van der Waals surface area contributed by atoms with Gasteiger partial charge in [0.05, 0.1) is 0 Å². The maximum Gasteiger partial charge on any atom is 0.0253 e. The minimum absolute atomic E-state index is 0.273. The SMILES string of the molecule is CCC(C(C)C)N1CC(C)(C)NCC1C. The fraction of sp³-hybridized carbons (Fsp3) is 1.00. The minimum atomic E-state index is 0.273. The molecule has 0 aromatic rings. The molecule has 1 aliphatic heterocycles. The summed E-state index contributed by atoms with van der Waals surface area (Å²) in [6, 6.07) is 1.41. The van der Waals surface area contributed by atoms with Crippen molar-refractivity contribution < 1.29 is 0 Å². The van der Waals surface area contributed by atoms with Gasteiger partial charge in [0.2, 0.25) is 0 Å². The molecule has 1 heterocycles. The number of nitrogens with one attached hydrogen (secondary N) is 1. The smallest absolute Gasteiger partial charge is 0.0253 e. The van der Waals surface area contributed by atoms with Crippen LogP contribution in [0.1, 0.15) is 48.0 Å². The topological polar surface area (TPSA) is 15.3 Å². The van der Waals surface area contributed by atoms with Crippen molar-refractivity contribution in [3.8, 4) is 0 Å². The van der Waals surface area contributed by atoms with Gasteiger partial charge in [-0.05, 0) is 33.1 Å². The molecule has 0 aliphatic carbocycles. The molecule has 0 aromatic carbocycles. The van der Waals surface area contributed by atoms with Crippen molar-refractivity contribution in [3.05, 3.63) is 0 Å². The van der Waals surface area contributed by atoms with E-state index >= 15 is 0 Å². The van der Waals surface area contributed by atoms with Gasteiger partial charge in [-0.25, -0.2) is 0 Å². The Bertz CT molecular complexity index is 199. The lowest BCUT2D eigenvalue weighted by Gasteiger charge is -2.48. The zero-order chi connectivity index (χ0) is 11.6. The van der Waals surface area contributed by atoms with E-state index in [-0.39, 0.29) is 5.54 Å². The number of hydrogen-bond acceptors (Lipinski definition) is 2. The number of rotatable bonds is 3. The fourth-order valence-electron chi connectivity index (χ4n) is 2.74. The monoisotopic (exact) mass is 212 g/mol. The molecule has 0 saturated carbocycles. The van der Waals surface area contributed by atoms with Gasteiger partial charge in [0.25, 0.3) is 0 Å². The lowest BCUT2D eigenvalue weighted by Crippen LogP contribution is -2.63. The Balaban J connectivity index is 2.72. The third-order valence-corrected chi connectivity index (χ3v) is 3.63. The van der Waals surface area contributed by atoms with E-state index < -0.39 is 0 Å². The fourth-order valence-corrected chi connectivity index (χ4v) is 2.74.